The number of methoxy groups -OCH3 is 2. The van der Waals surface area contributed by atoms with Crippen molar-refractivity contribution >= 4 is 5.91 Å². The Kier molecular flexibility index (Phi) is 10.3. The lowest BCUT2D eigenvalue weighted by Crippen LogP contribution is -2.27. The van der Waals surface area contributed by atoms with Crippen LogP contribution in [0.25, 0.3) is 0 Å². The van der Waals surface area contributed by atoms with E-state index in [9.17, 15) is 4.79 Å². The SMILES string of the molecule is CCOCCCN/C=C(/C#N)C(=O)NCCc1ccc(OC)c(OC)c1. The number of carbonyl (C=O) groups excluding carboxylic acids is 1. The van der Waals surface area contributed by atoms with E-state index in [0.717, 1.165) is 12.0 Å². The molecule has 0 radical (unpaired) electrons. The maximum Gasteiger partial charge on any atom is 0.263 e. The average molecular weight is 361 g/mol. The predicted octanol–water partition coefficient (Wildman–Crippen LogP) is 1.79. The zero-order valence-corrected chi connectivity index (χ0v) is 15.6. The number of rotatable bonds is 12. The number of ether oxygens (including phenoxy) is 3. The fraction of sp³-hybridized carbons (Fsp3) is 0.474. The lowest BCUT2D eigenvalue weighted by molar-refractivity contribution is -0.117. The van der Waals surface area contributed by atoms with Gasteiger partial charge in [0.15, 0.2) is 11.5 Å². The minimum absolute atomic E-state index is 0.0497. The number of hydrogen-bond acceptors (Lipinski definition) is 6. The fourth-order valence-electron chi connectivity index (χ4n) is 2.20. The quantitative estimate of drug-likeness (QED) is 0.335. The molecule has 0 aromatic heterocycles. The molecular weight excluding hydrogens is 334 g/mol. The molecule has 0 aliphatic heterocycles. The van der Waals surface area contributed by atoms with E-state index in [-0.39, 0.29) is 5.57 Å². The summed E-state index contributed by atoms with van der Waals surface area (Å²) in [5, 5.41) is 14.8. The molecule has 1 aromatic rings. The molecule has 0 fully saturated rings. The molecule has 0 saturated heterocycles. The number of amides is 1. The zero-order valence-electron chi connectivity index (χ0n) is 15.6. The third-order valence-electron chi connectivity index (χ3n) is 3.57. The molecule has 142 valence electrons. The van der Waals surface area contributed by atoms with Gasteiger partial charge in [-0.25, -0.2) is 0 Å². The highest BCUT2D eigenvalue weighted by atomic mass is 16.5. The summed E-state index contributed by atoms with van der Waals surface area (Å²) in [5.74, 6) is 0.904. The van der Waals surface area contributed by atoms with E-state index in [4.69, 9.17) is 19.5 Å². The monoisotopic (exact) mass is 361 g/mol. The molecule has 1 aromatic carbocycles. The van der Waals surface area contributed by atoms with Crippen LogP contribution < -0.4 is 20.1 Å². The normalized spacial score (nSPS) is 10.8. The van der Waals surface area contributed by atoms with Crippen molar-refractivity contribution < 1.29 is 19.0 Å². The fourth-order valence-corrected chi connectivity index (χ4v) is 2.20. The molecule has 7 heteroatoms. The third-order valence-corrected chi connectivity index (χ3v) is 3.57. The summed E-state index contributed by atoms with van der Waals surface area (Å²) in [5.41, 5.74) is 1.05. The minimum Gasteiger partial charge on any atom is -0.493 e. The van der Waals surface area contributed by atoms with E-state index >= 15 is 0 Å². The van der Waals surface area contributed by atoms with E-state index in [1.807, 2.05) is 31.2 Å². The summed E-state index contributed by atoms with van der Waals surface area (Å²) in [4.78, 5) is 12.0. The number of nitrogens with zero attached hydrogens (tertiary/aromatic N) is 1. The number of nitrogens with one attached hydrogen (secondary N) is 2. The predicted molar refractivity (Wildman–Crippen MR) is 99.1 cm³/mol. The lowest BCUT2D eigenvalue weighted by Gasteiger charge is -2.10. The zero-order chi connectivity index (χ0) is 19.2. The molecule has 2 N–H and O–H groups in total. The topological polar surface area (TPSA) is 92.6 Å². The number of nitriles is 1. The Morgan fingerprint density at radius 1 is 1.23 bits per heavy atom. The van der Waals surface area contributed by atoms with Crippen molar-refractivity contribution in [1.29, 1.82) is 5.26 Å². The number of hydrogen-bond donors (Lipinski definition) is 2. The van der Waals surface area contributed by atoms with Crippen LogP contribution in [0, 0.1) is 11.3 Å². The van der Waals surface area contributed by atoms with Crippen LogP contribution in [0.2, 0.25) is 0 Å². The van der Waals surface area contributed by atoms with Crippen LogP contribution in [0.4, 0.5) is 0 Å². The van der Waals surface area contributed by atoms with Crippen molar-refractivity contribution in [2.24, 2.45) is 0 Å². The smallest absolute Gasteiger partial charge is 0.263 e. The van der Waals surface area contributed by atoms with Gasteiger partial charge < -0.3 is 24.8 Å². The van der Waals surface area contributed by atoms with Gasteiger partial charge in [-0.05, 0) is 37.5 Å². The second-order valence-electron chi connectivity index (χ2n) is 5.37. The van der Waals surface area contributed by atoms with E-state index < -0.39 is 5.91 Å². The molecule has 26 heavy (non-hydrogen) atoms. The Hall–Kier alpha value is -2.72. The van der Waals surface area contributed by atoms with Crippen LogP contribution >= 0.6 is 0 Å². The van der Waals surface area contributed by atoms with Gasteiger partial charge in [0.1, 0.15) is 11.6 Å². The van der Waals surface area contributed by atoms with Crippen LogP contribution in [-0.2, 0) is 16.0 Å². The Bertz CT molecular complexity index is 638. The first-order valence-electron chi connectivity index (χ1n) is 8.56. The standard InChI is InChI=1S/C19H27N3O4/c1-4-26-11-5-9-21-14-16(13-20)19(23)22-10-8-15-6-7-17(24-2)18(12-15)25-3/h6-7,12,14,21H,4-5,8-11H2,1-3H3,(H,22,23)/b16-14-. The molecular formula is C19H27N3O4. The van der Waals surface area contributed by atoms with Crippen LogP contribution in [0.15, 0.2) is 30.0 Å². The Balaban J connectivity index is 2.43. The van der Waals surface area contributed by atoms with Gasteiger partial charge in [-0.1, -0.05) is 6.07 Å². The third kappa shape index (κ3) is 7.45. The largest absolute Gasteiger partial charge is 0.493 e. The summed E-state index contributed by atoms with van der Waals surface area (Å²) in [6.45, 7) is 4.33. The maximum absolute atomic E-state index is 12.0. The van der Waals surface area contributed by atoms with Gasteiger partial charge in [0.2, 0.25) is 0 Å². The summed E-state index contributed by atoms with van der Waals surface area (Å²) >= 11 is 0. The Morgan fingerprint density at radius 2 is 2.00 bits per heavy atom. The maximum atomic E-state index is 12.0. The van der Waals surface area contributed by atoms with Crippen LogP contribution in [0.3, 0.4) is 0 Å². The first-order chi connectivity index (χ1) is 12.7. The van der Waals surface area contributed by atoms with Crippen molar-refractivity contribution in [1.82, 2.24) is 10.6 Å². The molecule has 0 aliphatic rings. The molecule has 1 amide bonds. The molecule has 0 bridgehead atoms. The van der Waals surface area contributed by atoms with Gasteiger partial charge in [-0.3, -0.25) is 4.79 Å². The molecule has 0 atom stereocenters. The number of carbonyl (C=O) groups is 1. The van der Waals surface area contributed by atoms with Crippen LogP contribution in [-0.4, -0.2) is 46.4 Å². The Labute approximate surface area is 154 Å². The first-order valence-corrected chi connectivity index (χ1v) is 8.56. The van der Waals surface area contributed by atoms with Gasteiger partial charge >= 0.3 is 0 Å². The molecule has 0 unspecified atom stereocenters. The van der Waals surface area contributed by atoms with Crippen LogP contribution in [0.5, 0.6) is 11.5 Å². The van der Waals surface area contributed by atoms with E-state index in [1.165, 1.54) is 6.20 Å². The van der Waals surface area contributed by atoms with Gasteiger partial charge in [0.25, 0.3) is 5.91 Å². The average Bonchev–Trinajstić information content (AvgIpc) is 2.67. The summed E-state index contributed by atoms with van der Waals surface area (Å²) in [6, 6.07) is 7.51. The molecule has 0 spiro atoms. The second-order valence-corrected chi connectivity index (χ2v) is 5.37. The summed E-state index contributed by atoms with van der Waals surface area (Å²) in [7, 11) is 3.16. The molecule has 0 heterocycles. The van der Waals surface area contributed by atoms with Gasteiger partial charge in [-0.15, -0.1) is 0 Å². The van der Waals surface area contributed by atoms with Crippen molar-refractivity contribution in [3.05, 3.63) is 35.5 Å². The summed E-state index contributed by atoms with van der Waals surface area (Å²) in [6.07, 6.45) is 2.87. The van der Waals surface area contributed by atoms with Gasteiger partial charge in [0, 0.05) is 32.5 Å². The van der Waals surface area contributed by atoms with Crippen LogP contribution in [0.1, 0.15) is 18.9 Å². The molecule has 1 rings (SSSR count). The number of benzene rings is 1. The first kappa shape index (κ1) is 21.3. The highest BCUT2D eigenvalue weighted by Crippen LogP contribution is 2.27. The molecule has 0 aliphatic carbocycles. The van der Waals surface area contributed by atoms with E-state index in [2.05, 4.69) is 10.6 Å². The lowest BCUT2D eigenvalue weighted by atomic mass is 10.1. The van der Waals surface area contributed by atoms with Crippen molar-refractivity contribution in [2.45, 2.75) is 19.8 Å². The van der Waals surface area contributed by atoms with E-state index in [1.54, 1.807) is 14.2 Å². The Morgan fingerprint density at radius 3 is 2.65 bits per heavy atom. The summed E-state index contributed by atoms with van der Waals surface area (Å²) < 4.78 is 15.7. The van der Waals surface area contributed by atoms with Crippen molar-refractivity contribution in [3.63, 3.8) is 0 Å². The van der Waals surface area contributed by atoms with Gasteiger partial charge in [0.05, 0.1) is 14.2 Å². The minimum atomic E-state index is -0.398. The highest BCUT2D eigenvalue weighted by Gasteiger charge is 2.09. The molecule has 7 nitrogen and oxygen atoms in total. The highest BCUT2D eigenvalue weighted by molar-refractivity contribution is 5.97. The second kappa shape index (κ2) is 12.6. The van der Waals surface area contributed by atoms with Crippen molar-refractivity contribution in [2.75, 3.05) is 40.5 Å². The van der Waals surface area contributed by atoms with Crippen molar-refractivity contribution in [3.8, 4) is 17.6 Å². The van der Waals surface area contributed by atoms with Gasteiger partial charge in [-0.2, -0.15) is 5.26 Å². The molecule has 0 saturated carbocycles. The van der Waals surface area contributed by atoms with E-state index in [0.29, 0.717) is 44.2 Å².